The molecule has 1 rings (SSSR count). The fraction of sp³-hybridized carbons (Fsp3) is 0.765. The quantitative estimate of drug-likeness (QED) is 0.263. The Morgan fingerprint density at radius 3 is 0.870 bits per heavy atom. The summed E-state index contributed by atoms with van der Waals surface area (Å²) in [5, 5.41) is 0. The molecule has 0 unspecified atom stereocenters. The third-order valence-corrected chi connectivity index (χ3v) is 75.8. The van der Waals surface area contributed by atoms with Crippen LogP contribution in [0.15, 0.2) is 20.0 Å². The second-order valence-corrected chi connectivity index (χ2v) is 56.8. The molecule has 0 spiro atoms. The summed E-state index contributed by atoms with van der Waals surface area (Å²) < 4.78 is 3.41. The van der Waals surface area contributed by atoms with Crippen LogP contribution in [0, 0.1) is 0 Å². The van der Waals surface area contributed by atoms with E-state index >= 15 is 0 Å². The molecular weight excluding hydrogens is 516 g/mol. The van der Waals surface area contributed by atoms with Crippen LogP contribution in [-0.4, -0.2) is 41.2 Å². The molecule has 1 aliphatic heterocycles. The maximum atomic E-state index is 2.67. The molecule has 0 bridgehead atoms. The molecule has 0 saturated carbocycles. The third-order valence-electron chi connectivity index (χ3n) is 4.60. The van der Waals surface area contributed by atoms with Gasteiger partial charge in [-0.15, -0.1) is 0 Å². The normalized spacial score (nSPS) is 17.9. The zero-order chi connectivity index (χ0) is 19.0. The van der Waals surface area contributed by atoms with Crippen LogP contribution in [0.2, 0.25) is 58.9 Å². The zero-order valence-electron chi connectivity index (χ0n) is 17.9. The van der Waals surface area contributed by atoms with Gasteiger partial charge in [-0.05, 0) is 0 Å². The summed E-state index contributed by atoms with van der Waals surface area (Å²) in [6, 6.07) is 0. The summed E-state index contributed by atoms with van der Waals surface area (Å²) in [6.07, 6.45) is 0. The molecule has 1 aliphatic rings. The molecule has 0 aromatic rings. The van der Waals surface area contributed by atoms with E-state index in [1.165, 1.54) is 0 Å². The van der Waals surface area contributed by atoms with E-state index in [2.05, 4.69) is 107 Å². The largest absolute Gasteiger partial charge is 0.0721 e. The first kappa shape index (κ1) is 24.6. The van der Waals surface area contributed by atoms with Crippen LogP contribution in [0.5, 0.6) is 0 Å². The van der Waals surface area contributed by atoms with Crippen molar-refractivity contribution in [3.63, 3.8) is 0 Å². The fourth-order valence-electron chi connectivity index (χ4n) is 4.55. The SMILES string of the molecule is CC1=[C](C)[Ge]([I])[C](C)=C1C.C[Si](C)(C)[Si]([Si](C)(C)C)[Si](C)(C)C. The van der Waals surface area contributed by atoms with E-state index in [-0.39, 0.29) is 7.35 Å². The zero-order valence-corrected chi connectivity index (χ0v) is 26.1. The maximum absolute atomic E-state index is 2.67. The Hall–Kier alpha value is 1.62. The van der Waals surface area contributed by atoms with Crippen LogP contribution in [0.4, 0.5) is 0 Å². The molecule has 23 heavy (non-hydrogen) atoms. The molecule has 1 heterocycles. The van der Waals surface area contributed by atoms with Crippen molar-refractivity contribution in [3.05, 3.63) is 20.0 Å². The van der Waals surface area contributed by atoms with Gasteiger partial charge in [-0.25, -0.2) is 0 Å². The molecule has 0 aromatic heterocycles. The number of halogens is 1. The minimum atomic E-state index is -0.882. The van der Waals surface area contributed by atoms with Gasteiger partial charge in [0.15, 0.2) is 0 Å². The average Bonchev–Trinajstić information content (AvgIpc) is 2.42. The monoisotopic (exact) mass is 556 g/mol. The van der Waals surface area contributed by atoms with Crippen molar-refractivity contribution in [2.24, 2.45) is 0 Å². The molecule has 0 atom stereocenters. The number of hydrogen-bond donors (Lipinski definition) is 0. The van der Waals surface area contributed by atoms with E-state index in [9.17, 15) is 0 Å². The first-order chi connectivity index (χ1) is 9.92. The molecule has 0 amide bonds. The summed E-state index contributed by atoms with van der Waals surface area (Å²) in [5.41, 5.74) is 3.14. The van der Waals surface area contributed by atoms with E-state index in [4.69, 9.17) is 0 Å². The van der Waals surface area contributed by atoms with Crippen LogP contribution in [0.25, 0.3) is 0 Å². The molecule has 2 radical (unpaired) electrons. The number of rotatable bonds is 3. The van der Waals surface area contributed by atoms with Gasteiger partial charge in [-0.2, -0.15) is 0 Å². The van der Waals surface area contributed by atoms with E-state index in [1.54, 1.807) is 20.0 Å². The van der Waals surface area contributed by atoms with Gasteiger partial charge in [-0.1, -0.05) is 58.9 Å². The summed E-state index contributed by atoms with van der Waals surface area (Å²) >= 11 is 1.78. The van der Waals surface area contributed by atoms with Crippen LogP contribution in [0.3, 0.4) is 0 Å². The van der Waals surface area contributed by atoms with Gasteiger partial charge in [0.25, 0.3) is 0 Å². The topological polar surface area (TPSA) is 0 Å². The maximum Gasteiger partial charge on any atom is 0.0306 e. The molecule has 0 N–H and O–H groups in total. The van der Waals surface area contributed by atoms with Gasteiger partial charge < -0.3 is 0 Å². The van der Waals surface area contributed by atoms with E-state index in [0.29, 0.717) is 0 Å². The van der Waals surface area contributed by atoms with Gasteiger partial charge >= 0.3 is 78.9 Å². The summed E-state index contributed by atoms with van der Waals surface area (Å²) in [5.74, 6) is 0. The number of allylic oxidation sites excluding steroid dienone is 4. The molecule has 0 nitrogen and oxygen atoms in total. The first-order valence-electron chi connectivity index (χ1n) is 8.69. The van der Waals surface area contributed by atoms with Crippen molar-refractivity contribution in [3.8, 4) is 0 Å². The van der Waals surface area contributed by atoms with E-state index < -0.39 is 33.8 Å². The van der Waals surface area contributed by atoms with Gasteiger partial charge in [0.05, 0.1) is 0 Å². The molecule has 0 fully saturated rings. The molecule has 0 aliphatic carbocycles. The molecule has 6 heteroatoms. The Balaban J connectivity index is 0.000000433. The van der Waals surface area contributed by atoms with Gasteiger partial charge in [0.1, 0.15) is 0 Å². The standard InChI is InChI=1S/C9H27Si4.C8H12GeI/c1-11(2,3)10(12(4,5)6)13(7,8)9;1-5-6(2)8(4)9(10)7(5)3/h1-9H3;1-4H3. The van der Waals surface area contributed by atoms with Crippen LogP contribution in [-0.2, 0) is 0 Å². The fourth-order valence-corrected chi connectivity index (χ4v) is 99.9. The minimum Gasteiger partial charge on any atom is -0.0721 e. The summed E-state index contributed by atoms with van der Waals surface area (Å²) in [4.78, 5) is 0. The molecule has 0 aromatic carbocycles. The van der Waals surface area contributed by atoms with Crippen molar-refractivity contribution in [2.75, 3.05) is 0 Å². The minimum absolute atomic E-state index is 0.0255. The summed E-state index contributed by atoms with van der Waals surface area (Å²) in [7, 11) is -2.47. The Morgan fingerprint density at radius 1 is 0.609 bits per heavy atom. The van der Waals surface area contributed by atoms with Crippen LogP contribution in [0.1, 0.15) is 27.7 Å². The predicted octanol–water partition coefficient (Wildman–Crippen LogP) is 6.91. The predicted molar refractivity (Wildman–Crippen MR) is 132 cm³/mol. The second kappa shape index (κ2) is 8.54. The van der Waals surface area contributed by atoms with Crippen molar-refractivity contribution in [2.45, 2.75) is 86.6 Å². The Labute approximate surface area is 166 Å². The van der Waals surface area contributed by atoms with Crippen molar-refractivity contribution in [1.82, 2.24) is 0 Å². The first-order valence-corrected chi connectivity index (χ1v) is 32.2. The van der Waals surface area contributed by atoms with Crippen molar-refractivity contribution in [1.29, 1.82) is 0 Å². The van der Waals surface area contributed by atoms with Crippen LogP contribution < -0.4 is 0 Å². The Bertz CT molecular complexity index is 433. The molecular formula is C17H39GeISi4. The third kappa shape index (κ3) is 7.03. The van der Waals surface area contributed by atoms with Crippen LogP contribution >= 0.6 is 20.2 Å². The Kier molecular flexibility index (Phi) is 9.14. The summed E-state index contributed by atoms with van der Waals surface area (Å²) in [6.45, 7) is 32.6. The van der Waals surface area contributed by atoms with Gasteiger partial charge in [-0.3, -0.25) is 0 Å². The van der Waals surface area contributed by atoms with Crippen molar-refractivity contribution >= 4 is 61.4 Å². The second-order valence-electron chi connectivity index (χ2n) is 9.94. The van der Waals surface area contributed by atoms with Gasteiger partial charge in [0, 0.05) is 30.1 Å². The molecule has 0 saturated heterocycles. The smallest absolute Gasteiger partial charge is 0.0306 e. The number of hydrogen-bond acceptors (Lipinski definition) is 0. The van der Waals surface area contributed by atoms with Crippen molar-refractivity contribution < 1.29 is 0 Å². The Morgan fingerprint density at radius 2 is 0.826 bits per heavy atom. The van der Waals surface area contributed by atoms with E-state index in [0.717, 1.165) is 0 Å². The van der Waals surface area contributed by atoms with Gasteiger partial charge in [0.2, 0.25) is 0 Å². The van der Waals surface area contributed by atoms with E-state index in [1.807, 2.05) is 0 Å². The average molecular weight is 555 g/mol. The molecule has 134 valence electrons.